The first-order chi connectivity index (χ1) is 14.0. The zero-order valence-electron chi connectivity index (χ0n) is 17.1. The summed E-state index contributed by atoms with van der Waals surface area (Å²) in [5, 5.41) is 21.6. The van der Waals surface area contributed by atoms with E-state index in [-0.39, 0.29) is 12.7 Å². The minimum absolute atomic E-state index is 0.108. The second-order valence-corrected chi connectivity index (χ2v) is 8.47. The molecule has 5 heteroatoms. The molecule has 1 saturated carbocycles. The molecule has 3 rings (SSSR count). The molecule has 0 radical (unpaired) electrons. The van der Waals surface area contributed by atoms with Gasteiger partial charge in [-0.05, 0) is 43.5 Å². The second kappa shape index (κ2) is 11.0. The molecule has 2 N–H and O–H groups in total. The Hall–Kier alpha value is -1.59. The summed E-state index contributed by atoms with van der Waals surface area (Å²) in [6.45, 7) is 3.43. The zero-order chi connectivity index (χ0) is 20.6. The number of aromatic hydroxyl groups is 1. The first kappa shape index (κ1) is 22.1. The highest BCUT2D eigenvalue weighted by Crippen LogP contribution is 2.27. The lowest BCUT2D eigenvalue weighted by Crippen LogP contribution is -2.42. The van der Waals surface area contributed by atoms with Crippen LogP contribution in [0, 0.1) is 0 Å². The predicted octanol–water partition coefficient (Wildman–Crippen LogP) is 5.32. The van der Waals surface area contributed by atoms with Gasteiger partial charge in [0.15, 0.2) is 0 Å². The van der Waals surface area contributed by atoms with Gasteiger partial charge >= 0.3 is 0 Å². The van der Waals surface area contributed by atoms with Crippen LogP contribution in [-0.4, -0.2) is 40.4 Å². The van der Waals surface area contributed by atoms with Gasteiger partial charge in [-0.2, -0.15) is 0 Å². The summed E-state index contributed by atoms with van der Waals surface area (Å²) in [6, 6.07) is 15.5. The van der Waals surface area contributed by atoms with Gasteiger partial charge in [0.25, 0.3) is 0 Å². The molecule has 2 atom stereocenters. The van der Waals surface area contributed by atoms with Crippen molar-refractivity contribution in [3.8, 4) is 5.75 Å². The predicted molar refractivity (Wildman–Crippen MR) is 117 cm³/mol. The SMILES string of the molecule is C[C@H](OC[C@H](O)CN(Cc1ccccc1O)C1CCCCC1)c1ccc(Cl)cc1. The van der Waals surface area contributed by atoms with E-state index in [0.717, 1.165) is 24.0 Å². The molecule has 1 aliphatic rings. The Kier molecular flexibility index (Phi) is 8.37. The summed E-state index contributed by atoms with van der Waals surface area (Å²) in [7, 11) is 0. The molecular formula is C24H32ClNO3. The topological polar surface area (TPSA) is 52.9 Å². The van der Waals surface area contributed by atoms with Crippen molar-refractivity contribution in [1.82, 2.24) is 4.90 Å². The second-order valence-electron chi connectivity index (χ2n) is 8.03. The Balaban J connectivity index is 1.58. The van der Waals surface area contributed by atoms with E-state index in [2.05, 4.69) is 4.90 Å². The van der Waals surface area contributed by atoms with Gasteiger partial charge in [-0.15, -0.1) is 0 Å². The number of para-hydroxylation sites is 1. The number of hydrogen-bond donors (Lipinski definition) is 2. The fraction of sp³-hybridized carbons (Fsp3) is 0.500. The highest BCUT2D eigenvalue weighted by molar-refractivity contribution is 6.30. The van der Waals surface area contributed by atoms with Crippen molar-refractivity contribution in [2.75, 3.05) is 13.2 Å². The van der Waals surface area contributed by atoms with Crippen LogP contribution in [0.4, 0.5) is 0 Å². The Morgan fingerprint density at radius 2 is 1.76 bits per heavy atom. The minimum atomic E-state index is -0.586. The van der Waals surface area contributed by atoms with Crippen LogP contribution in [0.2, 0.25) is 5.02 Å². The van der Waals surface area contributed by atoms with Gasteiger partial charge in [-0.1, -0.05) is 61.2 Å². The van der Waals surface area contributed by atoms with E-state index in [1.165, 1.54) is 19.3 Å². The molecule has 158 valence electrons. The molecule has 2 aromatic carbocycles. The van der Waals surface area contributed by atoms with Crippen LogP contribution >= 0.6 is 11.6 Å². The van der Waals surface area contributed by atoms with Gasteiger partial charge in [-0.25, -0.2) is 0 Å². The number of ether oxygens (including phenoxy) is 1. The highest BCUT2D eigenvalue weighted by atomic mass is 35.5. The lowest BCUT2D eigenvalue weighted by atomic mass is 9.93. The third-order valence-electron chi connectivity index (χ3n) is 5.78. The van der Waals surface area contributed by atoms with E-state index in [4.69, 9.17) is 16.3 Å². The summed E-state index contributed by atoms with van der Waals surface area (Å²) in [4.78, 5) is 2.31. The molecule has 0 spiro atoms. The normalized spacial score (nSPS) is 17.4. The first-order valence-electron chi connectivity index (χ1n) is 10.6. The molecular weight excluding hydrogens is 386 g/mol. The first-order valence-corrected chi connectivity index (χ1v) is 11.0. The van der Waals surface area contributed by atoms with Crippen molar-refractivity contribution in [3.05, 3.63) is 64.7 Å². The van der Waals surface area contributed by atoms with Crippen LogP contribution in [0.3, 0.4) is 0 Å². The van der Waals surface area contributed by atoms with Gasteiger partial charge < -0.3 is 14.9 Å². The average Bonchev–Trinajstić information content (AvgIpc) is 2.74. The average molecular weight is 418 g/mol. The summed E-state index contributed by atoms with van der Waals surface area (Å²) in [5.41, 5.74) is 1.95. The fourth-order valence-electron chi connectivity index (χ4n) is 4.06. The van der Waals surface area contributed by atoms with Gasteiger partial charge in [0, 0.05) is 29.7 Å². The molecule has 2 aromatic rings. The summed E-state index contributed by atoms with van der Waals surface area (Å²) >= 11 is 5.95. The number of phenolic OH excluding ortho intramolecular Hbond substituents is 1. The Labute approximate surface area is 179 Å². The molecule has 0 aromatic heterocycles. The van der Waals surface area contributed by atoms with Crippen LogP contribution in [0.1, 0.15) is 56.3 Å². The number of phenols is 1. The number of rotatable bonds is 9. The number of hydrogen-bond acceptors (Lipinski definition) is 4. The third-order valence-corrected chi connectivity index (χ3v) is 6.03. The molecule has 0 amide bonds. The Morgan fingerprint density at radius 1 is 1.07 bits per heavy atom. The van der Waals surface area contributed by atoms with Crippen molar-refractivity contribution in [2.24, 2.45) is 0 Å². The third kappa shape index (κ3) is 6.71. The Bertz CT molecular complexity index is 746. The van der Waals surface area contributed by atoms with E-state index in [1.807, 2.05) is 49.4 Å². The number of nitrogens with zero attached hydrogens (tertiary/aromatic N) is 1. The van der Waals surface area contributed by atoms with Crippen molar-refractivity contribution in [1.29, 1.82) is 0 Å². The van der Waals surface area contributed by atoms with E-state index >= 15 is 0 Å². The fourth-order valence-corrected chi connectivity index (χ4v) is 4.19. The summed E-state index contributed by atoms with van der Waals surface area (Å²) in [5.74, 6) is 0.315. The lowest BCUT2D eigenvalue weighted by molar-refractivity contribution is -0.0247. The van der Waals surface area contributed by atoms with Crippen LogP contribution in [-0.2, 0) is 11.3 Å². The maximum absolute atomic E-state index is 10.7. The smallest absolute Gasteiger partial charge is 0.120 e. The molecule has 0 heterocycles. The van der Waals surface area contributed by atoms with Gasteiger partial charge in [0.2, 0.25) is 0 Å². The van der Waals surface area contributed by atoms with Crippen LogP contribution < -0.4 is 0 Å². The molecule has 4 nitrogen and oxygen atoms in total. The molecule has 1 aliphatic carbocycles. The highest BCUT2D eigenvalue weighted by Gasteiger charge is 2.24. The summed E-state index contributed by atoms with van der Waals surface area (Å²) in [6.07, 6.45) is 5.32. The number of aliphatic hydroxyl groups excluding tert-OH is 1. The van der Waals surface area contributed by atoms with Crippen LogP contribution in [0.15, 0.2) is 48.5 Å². The van der Waals surface area contributed by atoms with Crippen LogP contribution in [0.25, 0.3) is 0 Å². The van der Waals surface area contributed by atoms with E-state index in [9.17, 15) is 10.2 Å². The molecule has 0 unspecified atom stereocenters. The molecule has 0 bridgehead atoms. The van der Waals surface area contributed by atoms with Gasteiger partial charge in [-0.3, -0.25) is 4.90 Å². The number of benzene rings is 2. The van der Waals surface area contributed by atoms with Gasteiger partial charge in [0.05, 0.1) is 18.8 Å². The zero-order valence-corrected chi connectivity index (χ0v) is 17.9. The van der Waals surface area contributed by atoms with Crippen molar-refractivity contribution in [2.45, 2.75) is 63.8 Å². The quantitative estimate of drug-likeness (QED) is 0.579. The maximum atomic E-state index is 10.7. The number of aliphatic hydroxyl groups is 1. The number of halogens is 1. The van der Waals surface area contributed by atoms with Crippen molar-refractivity contribution >= 4 is 11.6 Å². The largest absolute Gasteiger partial charge is 0.508 e. The maximum Gasteiger partial charge on any atom is 0.120 e. The molecule has 0 saturated heterocycles. The van der Waals surface area contributed by atoms with E-state index in [1.54, 1.807) is 6.07 Å². The van der Waals surface area contributed by atoms with E-state index < -0.39 is 6.10 Å². The molecule has 29 heavy (non-hydrogen) atoms. The van der Waals surface area contributed by atoms with E-state index in [0.29, 0.717) is 29.9 Å². The summed E-state index contributed by atoms with van der Waals surface area (Å²) < 4.78 is 5.92. The molecule has 0 aliphatic heterocycles. The standard InChI is InChI=1S/C24H32ClNO3/c1-18(19-11-13-21(25)14-12-19)29-17-23(27)16-26(22-8-3-2-4-9-22)15-20-7-5-6-10-24(20)28/h5-7,10-14,18,22-23,27-28H,2-4,8-9,15-17H2,1H3/t18-,23+/m0/s1. The molecule has 1 fully saturated rings. The van der Waals surface area contributed by atoms with Gasteiger partial charge in [0.1, 0.15) is 5.75 Å². The monoisotopic (exact) mass is 417 g/mol. The van der Waals surface area contributed by atoms with Crippen LogP contribution in [0.5, 0.6) is 5.75 Å². The Morgan fingerprint density at radius 3 is 2.45 bits per heavy atom. The minimum Gasteiger partial charge on any atom is -0.508 e. The lowest BCUT2D eigenvalue weighted by Gasteiger charge is -2.36. The van der Waals surface area contributed by atoms with Crippen molar-refractivity contribution in [3.63, 3.8) is 0 Å². The van der Waals surface area contributed by atoms with Crippen molar-refractivity contribution < 1.29 is 14.9 Å².